The average molecular weight is 294 g/mol. The Kier molecular flexibility index (Phi) is 4.33. The molecule has 0 aliphatic rings. The zero-order chi connectivity index (χ0) is 14.7. The van der Waals surface area contributed by atoms with Gasteiger partial charge in [0.05, 0.1) is 5.69 Å². The molecule has 0 spiro atoms. The smallest absolute Gasteiger partial charge is 0.282 e. The van der Waals surface area contributed by atoms with E-state index in [1.54, 1.807) is 0 Å². The van der Waals surface area contributed by atoms with Crippen LogP contribution >= 0.6 is 11.3 Å². The molecule has 0 radical (unpaired) electrons. The predicted molar refractivity (Wildman–Crippen MR) is 77.9 cm³/mol. The van der Waals surface area contributed by atoms with E-state index in [2.05, 4.69) is 25.9 Å². The normalized spacial score (nSPS) is 10.6. The van der Waals surface area contributed by atoms with Crippen molar-refractivity contribution < 1.29 is 4.79 Å². The fraction of sp³-hybridized carbons (Fsp3) is 0.500. The molecule has 0 unspecified atom stereocenters. The van der Waals surface area contributed by atoms with Crippen LogP contribution in [0.5, 0.6) is 0 Å². The van der Waals surface area contributed by atoms with Crippen molar-refractivity contribution in [1.29, 1.82) is 0 Å². The summed E-state index contributed by atoms with van der Waals surface area (Å²) in [6.07, 6.45) is 0. The number of carbonyl (C=O) groups is 1. The van der Waals surface area contributed by atoms with Gasteiger partial charge in [0.2, 0.25) is 10.1 Å². The van der Waals surface area contributed by atoms with E-state index in [0.717, 1.165) is 23.5 Å². The molecule has 108 valence electrons. The maximum Gasteiger partial charge on any atom is 0.282 e. The molecule has 2 N–H and O–H groups in total. The van der Waals surface area contributed by atoms with E-state index in [9.17, 15) is 4.79 Å². The first-order valence-electron chi connectivity index (χ1n) is 6.37. The van der Waals surface area contributed by atoms with Crippen molar-refractivity contribution in [2.24, 2.45) is 7.05 Å². The number of nitrogens with one attached hydrogen (secondary N) is 2. The van der Waals surface area contributed by atoms with Gasteiger partial charge in [0.15, 0.2) is 0 Å². The number of aryl methyl sites for hydroxylation is 2. The Labute approximate surface area is 121 Å². The van der Waals surface area contributed by atoms with Gasteiger partial charge in [-0.1, -0.05) is 11.3 Å². The summed E-state index contributed by atoms with van der Waals surface area (Å²) in [5, 5.41) is 19.0. The van der Waals surface area contributed by atoms with Crippen LogP contribution in [0.1, 0.15) is 33.7 Å². The van der Waals surface area contributed by atoms with Gasteiger partial charge in [-0.3, -0.25) is 9.48 Å². The third-order valence-electron chi connectivity index (χ3n) is 3.03. The highest BCUT2D eigenvalue weighted by molar-refractivity contribution is 7.17. The Morgan fingerprint density at radius 1 is 1.35 bits per heavy atom. The minimum atomic E-state index is -0.214. The Morgan fingerprint density at radius 3 is 2.70 bits per heavy atom. The zero-order valence-corrected chi connectivity index (χ0v) is 12.8. The van der Waals surface area contributed by atoms with E-state index in [1.165, 1.54) is 11.3 Å². The Hall–Kier alpha value is -1.96. The molecule has 0 saturated carbocycles. The second-order valence-corrected chi connectivity index (χ2v) is 5.38. The number of nitrogens with zero attached hydrogens (tertiary/aromatic N) is 4. The Morgan fingerprint density at radius 2 is 2.10 bits per heavy atom. The summed E-state index contributed by atoms with van der Waals surface area (Å²) in [6, 6.07) is 0. The number of hydrogen-bond acceptors (Lipinski definition) is 6. The van der Waals surface area contributed by atoms with Crippen LogP contribution in [0.15, 0.2) is 0 Å². The minimum Gasteiger partial charge on any atom is -0.360 e. The van der Waals surface area contributed by atoms with Crippen LogP contribution in [-0.4, -0.2) is 32.4 Å². The van der Waals surface area contributed by atoms with Gasteiger partial charge in [-0.05, 0) is 20.8 Å². The maximum atomic E-state index is 12.0. The van der Waals surface area contributed by atoms with Crippen LogP contribution in [0.3, 0.4) is 0 Å². The Balaban J connectivity index is 2.01. The molecule has 2 aromatic heterocycles. The first kappa shape index (κ1) is 14.4. The van der Waals surface area contributed by atoms with Crippen LogP contribution in [0.25, 0.3) is 0 Å². The Bertz CT molecular complexity index is 617. The number of rotatable bonds is 5. The monoisotopic (exact) mass is 294 g/mol. The third kappa shape index (κ3) is 2.96. The standard InChI is InChI=1S/C12H18N6OS/c1-5-13-12-16-15-11(20-12)10(19)14-6-9-7(2)17-18(4)8(9)3/h5-6H2,1-4H3,(H,13,16)(H,14,19). The molecule has 7 nitrogen and oxygen atoms in total. The molecule has 8 heteroatoms. The first-order valence-corrected chi connectivity index (χ1v) is 7.19. The number of hydrogen-bond donors (Lipinski definition) is 2. The molecule has 2 aromatic rings. The second kappa shape index (κ2) is 6.00. The third-order valence-corrected chi connectivity index (χ3v) is 3.91. The average Bonchev–Trinajstić information content (AvgIpc) is 2.95. The molecule has 0 saturated heterocycles. The molecule has 0 atom stereocenters. The summed E-state index contributed by atoms with van der Waals surface area (Å²) in [6.45, 7) is 7.08. The van der Waals surface area contributed by atoms with Gasteiger partial charge >= 0.3 is 0 Å². The van der Waals surface area contributed by atoms with Gasteiger partial charge in [0.1, 0.15) is 0 Å². The van der Waals surface area contributed by atoms with E-state index >= 15 is 0 Å². The van der Waals surface area contributed by atoms with Gasteiger partial charge in [-0.15, -0.1) is 10.2 Å². The lowest BCUT2D eigenvalue weighted by atomic mass is 10.2. The molecule has 0 aliphatic heterocycles. The van der Waals surface area contributed by atoms with Gasteiger partial charge < -0.3 is 10.6 Å². The van der Waals surface area contributed by atoms with Crippen molar-refractivity contribution >= 4 is 22.4 Å². The van der Waals surface area contributed by atoms with E-state index in [1.807, 2.05) is 32.5 Å². The minimum absolute atomic E-state index is 0.214. The largest absolute Gasteiger partial charge is 0.360 e. The SMILES string of the molecule is CCNc1nnc(C(=O)NCc2c(C)nn(C)c2C)s1. The molecular formula is C12H18N6OS. The highest BCUT2D eigenvalue weighted by atomic mass is 32.1. The van der Waals surface area contributed by atoms with Crippen LogP contribution in [0, 0.1) is 13.8 Å². The topological polar surface area (TPSA) is 84.7 Å². The van der Waals surface area contributed by atoms with E-state index in [4.69, 9.17) is 0 Å². The van der Waals surface area contributed by atoms with Crippen molar-refractivity contribution in [2.75, 3.05) is 11.9 Å². The number of amides is 1. The van der Waals surface area contributed by atoms with E-state index < -0.39 is 0 Å². The van der Waals surface area contributed by atoms with Crippen molar-refractivity contribution in [3.05, 3.63) is 22.0 Å². The summed E-state index contributed by atoms with van der Waals surface area (Å²) in [5.41, 5.74) is 3.02. The van der Waals surface area contributed by atoms with Crippen LogP contribution in [0.2, 0.25) is 0 Å². The quantitative estimate of drug-likeness (QED) is 0.867. The molecular weight excluding hydrogens is 276 g/mol. The van der Waals surface area contributed by atoms with Gasteiger partial charge in [-0.2, -0.15) is 5.10 Å². The van der Waals surface area contributed by atoms with Crippen LogP contribution in [0.4, 0.5) is 5.13 Å². The van der Waals surface area contributed by atoms with Crippen molar-refractivity contribution in [1.82, 2.24) is 25.3 Å². The molecule has 20 heavy (non-hydrogen) atoms. The fourth-order valence-electron chi connectivity index (χ4n) is 1.86. The van der Waals surface area contributed by atoms with Gasteiger partial charge in [0, 0.05) is 31.4 Å². The zero-order valence-electron chi connectivity index (χ0n) is 12.0. The molecule has 0 aliphatic carbocycles. The second-order valence-electron chi connectivity index (χ2n) is 4.40. The lowest BCUT2D eigenvalue weighted by Crippen LogP contribution is -2.23. The molecule has 1 amide bonds. The lowest BCUT2D eigenvalue weighted by molar-refractivity contribution is 0.0949. The van der Waals surface area contributed by atoms with Gasteiger partial charge in [-0.25, -0.2) is 0 Å². The number of carbonyl (C=O) groups excluding carboxylic acids is 1. The summed E-state index contributed by atoms with van der Waals surface area (Å²) in [4.78, 5) is 12.0. The van der Waals surface area contributed by atoms with Crippen molar-refractivity contribution in [3.63, 3.8) is 0 Å². The van der Waals surface area contributed by atoms with E-state index in [-0.39, 0.29) is 5.91 Å². The summed E-state index contributed by atoms with van der Waals surface area (Å²) < 4.78 is 1.81. The van der Waals surface area contributed by atoms with Gasteiger partial charge in [0.25, 0.3) is 5.91 Å². The van der Waals surface area contributed by atoms with Crippen molar-refractivity contribution in [2.45, 2.75) is 27.3 Å². The maximum absolute atomic E-state index is 12.0. The van der Waals surface area contributed by atoms with Crippen molar-refractivity contribution in [3.8, 4) is 0 Å². The number of anilines is 1. The lowest BCUT2D eigenvalue weighted by Gasteiger charge is -2.03. The van der Waals surface area contributed by atoms with E-state index in [0.29, 0.717) is 16.7 Å². The molecule has 2 rings (SSSR count). The van der Waals surface area contributed by atoms with Crippen LogP contribution < -0.4 is 10.6 Å². The summed E-state index contributed by atoms with van der Waals surface area (Å²) >= 11 is 1.25. The highest BCUT2D eigenvalue weighted by Gasteiger charge is 2.15. The van der Waals surface area contributed by atoms with Crippen LogP contribution in [-0.2, 0) is 13.6 Å². The number of aromatic nitrogens is 4. The molecule has 0 aromatic carbocycles. The fourth-order valence-corrected chi connectivity index (χ4v) is 2.58. The first-order chi connectivity index (χ1) is 9.52. The molecule has 0 bridgehead atoms. The molecule has 2 heterocycles. The summed E-state index contributed by atoms with van der Waals surface area (Å²) in [7, 11) is 1.89. The summed E-state index contributed by atoms with van der Waals surface area (Å²) in [5.74, 6) is -0.214. The highest BCUT2D eigenvalue weighted by Crippen LogP contribution is 2.15. The predicted octanol–water partition coefficient (Wildman–Crippen LogP) is 1.25. The molecule has 0 fully saturated rings.